The van der Waals surface area contributed by atoms with Crippen LogP contribution < -0.4 is 20.1 Å². The monoisotopic (exact) mass is 466 g/mol. The van der Waals surface area contributed by atoms with Crippen LogP contribution in [0.25, 0.3) is 0 Å². The van der Waals surface area contributed by atoms with Crippen molar-refractivity contribution >= 4 is 35.1 Å². The number of nitrogens with zero attached hydrogens (tertiary/aromatic N) is 2. The van der Waals surface area contributed by atoms with Gasteiger partial charge in [-0.1, -0.05) is 0 Å². The molecule has 34 heavy (non-hydrogen) atoms. The zero-order valence-corrected chi connectivity index (χ0v) is 19.8. The summed E-state index contributed by atoms with van der Waals surface area (Å²) in [4.78, 5) is 32.7. The minimum absolute atomic E-state index is 0.301. The van der Waals surface area contributed by atoms with Gasteiger partial charge < -0.3 is 29.6 Å². The van der Waals surface area contributed by atoms with Gasteiger partial charge in [0.05, 0.1) is 50.9 Å². The molecule has 10 nitrogen and oxygen atoms in total. The average Bonchev–Trinajstić information content (AvgIpc) is 2.84. The molecule has 0 aliphatic rings. The maximum atomic E-state index is 12.0. The Labute approximate surface area is 197 Å². The third-order valence-electron chi connectivity index (χ3n) is 5.20. The fourth-order valence-electron chi connectivity index (χ4n) is 3.52. The highest BCUT2D eigenvalue weighted by molar-refractivity contribution is 5.94. The molecule has 0 saturated heterocycles. The molecule has 0 amide bonds. The average molecular weight is 466 g/mol. The van der Waals surface area contributed by atoms with Crippen LogP contribution in [0.5, 0.6) is 11.5 Å². The van der Waals surface area contributed by atoms with E-state index >= 15 is 0 Å². The van der Waals surface area contributed by atoms with E-state index in [1.54, 1.807) is 50.4 Å². The molecular formula is C24H26N4O6. The quantitative estimate of drug-likeness (QED) is 0.468. The lowest BCUT2D eigenvalue weighted by Gasteiger charge is -2.16. The van der Waals surface area contributed by atoms with Gasteiger partial charge in [-0.15, -0.1) is 0 Å². The summed E-state index contributed by atoms with van der Waals surface area (Å²) in [6, 6.07) is 8.40. The second-order valence-corrected chi connectivity index (χ2v) is 7.14. The lowest BCUT2D eigenvalue weighted by molar-refractivity contribution is 0.0590. The zero-order valence-electron chi connectivity index (χ0n) is 19.8. The molecule has 0 radical (unpaired) electrons. The molecule has 10 heteroatoms. The smallest absolute Gasteiger partial charge is 0.338 e. The molecular weight excluding hydrogens is 440 g/mol. The van der Waals surface area contributed by atoms with Crippen molar-refractivity contribution in [1.82, 2.24) is 9.97 Å². The molecule has 0 spiro atoms. The number of methoxy groups -OCH3 is 4. The number of carbonyl (C=O) groups is 2. The minimum Gasteiger partial charge on any atom is -0.494 e. The zero-order chi connectivity index (χ0) is 24.8. The van der Waals surface area contributed by atoms with Crippen molar-refractivity contribution in [3.8, 4) is 11.5 Å². The summed E-state index contributed by atoms with van der Waals surface area (Å²) in [6.45, 7) is 3.54. The van der Waals surface area contributed by atoms with Crippen molar-refractivity contribution < 1.29 is 28.5 Å². The van der Waals surface area contributed by atoms with E-state index in [0.717, 1.165) is 0 Å². The molecule has 0 bridgehead atoms. The highest BCUT2D eigenvalue weighted by Crippen LogP contribution is 2.35. The predicted octanol–water partition coefficient (Wildman–Crippen LogP) is 4.17. The summed E-state index contributed by atoms with van der Waals surface area (Å²) in [6.07, 6.45) is 1.59. The maximum absolute atomic E-state index is 12.0. The predicted molar refractivity (Wildman–Crippen MR) is 127 cm³/mol. The fraction of sp³-hybridized carbons (Fsp3) is 0.250. The van der Waals surface area contributed by atoms with Gasteiger partial charge in [-0.2, -0.15) is 4.98 Å². The van der Waals surface area contributed by atoms with Crippen molar-refractivity contribution in [3.63, 3.8) is 0 Å². The molecule has 1 heterocycles. The van der Waals surface area contributed by atoms with E-state index < -0.39 is 11.9 Å². The summed E-state index contributed by atoms with van der Waals surface area (Å²) >= 11 is 0. The first kappa shape index (κ1) is 24.3. The molecule has 3 rings (SSSR count). The lowest BCUT2D eigenvalue weighted by atomic mass is 10.1. The van der Waals surface area contributed by atoms with E-state index in [4.69, 9.17) is 18.9 Å². The van der Waals surface area contributed by atoms with Crippen molar-refractivity contribution in [2.24, 2.45) is 0 Å². The SMILES string of the molecule is COC(=O)c1ccc(Nc2ccnc(Nc3ccc(C(=O)OC)c(C)c3OC)n2)c(OC)c1C. The highest BCUT2D eigenvalue weighted by Gasteiger charge is 2.18. The van der Waals surface area contributed by atoms with Crippen molar-refractivity contribution in [2.75, 3.05) is 39.1 Å². The number of ether oxygens (including phenoxy) is 4. The summed E-state index contributed by atoms with van der Waals surface area (Å²) in [7, 11) is 5.69. The van der Waals surface area contributed by atoms with Gasteiger partial charge in [-0.05, 0) is 44.2 Å². The molecule has 0 saturated carbocycles. The Morgan fingerprint density at radius 1 is 0.735 bits per heavy atom. The van der Waals surface area contributed by atoms with Crippen LogP contribution in [-0.2, 0) is 9.47 Å². The number of esters is 2. The molecule has 178 valence electrons. The van der Waals surface area contributed by atoms with Gasteiger partial charge in [0.2, 0.25) is 5.95 Å². The molecule has 3 aromatic rings. The fourth-order valence-corrected chi connectivity index (χ4v) is 3.52. The Hall–Kier alpha value is -4.34. The first-order valence-electron chi connectivity index (χ1n) is 10.2. The summed E-state index contributed by atoms with van der Waals surface area (Å²) in [5, 5.41) is 6.30. The van der Waals surface area contributed by atoms with E-state index in [9.17, 15) is 9.59 Å². The molecule has 1 aromatic heterocycles. The Kier molecular flexibility index (Phi) is 7.52. The van der Waals surface area contributed by atoms with Gasteiger partial charge in [0.15, 0.2) is 0 Å². The Bertz CT molecular complexity index is 1140. The molecule has 0 fully saturated rings. The number of aromatic nitrogens is 2. The second-order valence-electron chi connectivity index (χ2n) is 7.14. The topological polar surface area (TPSA) is 121 Å². The van der Waals surface area contributed by atoms with Crippen LogP contribution in [0, 0.1) is 13.8 Å². The standard InChI is InChI=1S/C24H26N4O6/c1-13-15(22(29)33-5)7-9-17(20(13)31-3)26-19-11-12-25-24(28-19)27-18-10-8-16(23(30)34-6)14(2)21(18)32-4/h7-12H,1-6H3,(H2,25,26,27,28). The van der Waals surface area contributed by atoms with Crippen LogP contribution in [0.1, 0.15) is 31.8 Å². The van der Waals surface area contributed by atoms with Crippen LogP contribution in [0.3, 0.4) is 0 Å². The van der Waals surface area contributed by atoms with E-state index in [1.807, 2.05) is 0 Å². The van der Waals surface area contributed by atoms with Crippen LogP contribution >= 0.6 is 0 Å². The minimum atomic E-state index is -0.452. The summed E-state index contributed by atoms with van der Waals surface area (Å²) in [5.41, 5.74) is 3.28. The maximum Gasteiger partial charge on any atom is 0.338 e. The van der Waals surface area contributed by atoms with Gasteiger partial charge in [-0.3, -0.25) is 0 Å². The second kappa shape index (κ2) is 10.5. The summed E-state index contributed by atoms with van der Waals surface area (Å²) in [5.74, 6) is 0.858. The first-order chi connectivity index (χ1) is 16.3. The summed E-state index contributed by atoms with van der Waals surface area (Å²) < 4.78 is 20.6. The number of carbonyl (C=O) groups excluding carboxylic acids is 2. The van der Waals surface area contributed by atoms with Crippen LogP contribution in [0.15, 0.2) is 36.5 Å². The van der Waals surface area contributed by atoms with E-state index in [2.05, 4.69) is 20.6 Å². The van der Waals surface area contributed by atoms with E-state index in [-0.39, 0.29) is 0 Å². The number of nitrogens with one attached hydrogen (secondary N) is 2. The Morgan fingerprint density at radius 3 is 1.71 bits per heavy atom. The third-order valence-corrected chi connectivity index (χ3v) is 5.20. The van der Waals surface area contributed by atoms with Crippen molar-refractivity contribution in [2.45, 2.75) is 13.8 Å². The number of anilines is 4. The van der Waals surface area contributed by atoms with Gasteiger partial charge in [0.25, 0.3) is 0 Å². The lowest BCUT2D eigenvalue weighted by Crippen LogP contribution is -2.08. The first-order valence-corrected chi connectivity index (χ1v) is 10.2. The van der Waals surface area contributed by atoms with Gasteiger partial charge in [0, 0.05) is 17.3 Å². The largest absolute Gasteiger partial charge is 0.494 e. The van der Waals surface area contributed by atoms with E-state index in [1.165, 1.54) is 28.4 Å². The van der Waals surface area contributed by atoms with Crippen molar-refractivity contribution in [3.05, 3.63) is 58.8 Å². The van der Waals surface area contributed by atoms with Gasteiger partial charge >= 0.3 is 11.9 Å². The van der Waals surface area contributed by atoms with Gasteiger partial charge in [0.1, 0.15) is 17.3 Å². The third kappa shape index (κ3) is 4.85. The van der Waals surface area contributed by atoms with Crippen LogP contribution in [0.4, 0.5) is 23.1 Å². The Balaban J connectivity index is 1.90. The Morgan fingerprint density at radius 2 is 1.24 bits per heavy atom. The normalized spacial score (nSPS) is 10.3. The molecule has 0 aliphatic heterocycles. The van der Waals surface area contributed by atoms with Crippen LogP contribution in [-0.4, -0.2) is 50.3 Å². The van der Waals surface area contributed by atoms with Gasteiger partial charge in [-0.25, -0.2) is 14.6 Å². The molecule has 0 aliphatic carbocycles. The number of hydrogen-bond donors (Lipinski definition) is 2. The number of benzene rings is 2. The van der Waals surface area contributed by atoms with E-state index in [0.29, 0.717) is 56.9 Å². The molecule has 2 N–H and O–H groups in total. The molecule has 2 aromatic carbocycles. The van der Waals surface area contributed by atoms with Crippen LogP contribution in [0.2, 0.25) is 0 Å². The number of rotatable bonds is 8. The highest BCUT2D eigenvalue weighted by atomic mass is 16.5. The van der Waals surface area contributed by atoms with Crippen molar-refractivity contribution in [1.29, 1.82) is 0 Å². The number of hydrogen-bond acceptors (Lipinski definition) is 10. The molecule has 0 unspecified atom stereocenters. The molecule has 0 atom stereocenters.